The molecule has 1 atom stereocenters. The van der Waals surface area contributed by atoms with Crippen molar-refractivity contribution in [1.29, 1.82) is 0 Å². The van der Waals surface area contributed by atoms with Gasteiger partial charge in [-0.05, 0) is 37.0 Å². The summed E-state index contributed by atoms with van der Waals surface area (Å²) >= 11 is 0. The summed E-state index contributed by atoms with van der Waals surface area (Å²) in [5.74, 6) is 0.745. The fraction of sp³-hybridized carbons (Fsp3) is 0.538. The molecule has 0 fully saturated rings. The molecule has 78 valence electrons. The van der Waals surface area contributed by atoms with Crippen LogP contribution in [-0.4, -0.2) is 6.54 Å². The van der Waals surface area contributed by atoms with Crippen LogP contribution in [0, 0.1) is 19.8 Å². The SMILES string of the molecule is CCC(C)CNc1cc(C)ccc1C. The van der Waals surface area contributed by atoms with E-state index in [4.69, 9.17) is 0 Å². The maximum Gasteiger partial charge on any atom is 0.0372 e. The summed E-state index contributed by atoms with van der Waals surface area (Å²) in [5, 5.41) is 3.50. The first-order chi connectivity index (χ1) is 6.63. The molecule has 0 saturated carbocycles. The molecule has 0 aromatic heterocycles. The standard InChI is InChI=1S/C13H21N/c1-5-10(2)9-14-13-8-11(3)6-7-12(13)4/h6-8,10,14H,5,9H2,1-4H3. The summed E-state index contributed by atoms with van der Waals surface area (Å²) in [6.45, 7) is 9.86. The average Bonchev–Trinajstić information content (AvgIpc) is 2.19. The molecule has 1 nitrogen and oxygen atoms in total. The van der Waals surface area contributed by atoms with E-state index in [0.29, 0.717) is 0 Å². The molecule has 0 aliphatic heterocycles. The van der Waals surface area contributed by atoms with E-state index in [1.165, 1.54) is 23.2 Å². The van der Waals surface area contributed by atoms with Crippen LogP contribution in [0.1, 0.15) is 31.4 Å². The molecule has 0 saturated heterocycles. The Balaban J connectivity index is 2.62. The predicted octanol–water partition coefficient (Wildman–Crippen LogP) is 3.76. The van der Waals surface area contributed by atoms with Crippen molar-refractivity contribution in [3.8, 4) is 0 Å². The van der Waals surface area contributed by atoms with Crippen molar-refractivity contribution in [2.75, 3.05) is 11.9 Å². The van der Waals surface area contributed by atoms with Crippen molar-refractivity contribution in [2.45, 2.75) is 34.1 Å². The van der Waals surface area contributed by atoms with Crippen molar-refractivity contribution >= 4 is 5.69 Å². The van der Waals surface area contributed by atoms with Gasteiger partial charge in [0.25, 0.3) is 0 Å². The second-order valence-corrected chi connectivity index (χ2v) is 4.21. The second-order valence-electron chi connectivity index (χ2n) is 4.21. The number of anilines is 1. The molecular formula is C13H21N. The molecule has 1 N–H and O–H groups in total. The molecule has 0 radical (unpaired) electrons. The molecule has 14 heavy (non-hydrogen) atoms. The number of benzene rings is 1. The highest BCUT2D eigenvalue weighted by Crippen LogP contribution is 2.16. The first kappa shape index (κ1) is 11.1. The lowest BCUT2D eigenvalue weighted by Gasteiger charge is -2.13. The minimum absolute atomic E-state index is 0.745. The Morgan fingerprint density at radius 2 is 2.00 bits per heavy atom. The molecule has 1 unspecified atom stereocenters. The molecule has 0 spiro atoms. The smallest absolute Gasteiger partial charge is 0.0372 e. The molecule has 0 bridgehead atoms. The molecule has 1 aromatic carbocycles. The quantitative estimate of drug-likeness (QED) is 0.764. The first-order valence-corrected chi connectivity index (χ1v) is 5.44. The number of aryl methyl sites for hydroxylation is 2. The third-order valence-corrected chi connectivity index (χ3v) is 2.73. The monoisotopic (exact) mass is 191 g/mol. The van der Waals surface area contributed by atoms with Gasteiger partial charge in [0, 0.05) is 12.2 Å². The molecule has 1 aromatic rings. The third kappa shape index (κ3) is 3.06. The molecule has 0 aliphatic carbocycles. The summed E-state index contributed by atoms with van der Waals surface area (Å²) in [6, 6.07) is 6.55. The Morgan fingerprint density at radius 3 is 2.64 bits per heavy atom. The Kier molecular flexibility index (Phi) is 3.99. The van der Waals surface area contributed by atoms with Gasteiger partial charge < -0.3 is 5.32 Å². The Bertz CT molecular complexity index is 291. The van der Waals surface area contributed by atoms with E-state index >= 15 is 0 Å². The lowest BCUT2D eigenvalue weighted by atomic mass is 10.1. The van der Waals surface area contributed by atoms with Crippen LogP contribution >= 0.6 is 0 Å². The first-order valence-electron chi connectivity index (χ1n) is 5.44. The summed E-state index contributed by atoms with van der Waals surface area (Å²) < 4.78 is 0. The van der Waals surface area contributed by atoms with Crippen molar-refractivity contribution in [3.63, 3.8) is 0 Å². The van der Waals surface area contributed by atoms with E-state index < -0.39 is 0 Å². The van der Waals surface area contributed by atoms with Gasteiger partial charge in [0.05, 0.1) is 0 Å². The summed E-state index contributed by atoms with van der Waals surface area (Å²) in [6.07, 6.45) is 1.23. The zero-order valence-corrected chi connectivity index (χ0v) is 9.72. The van der Waals surface area contributed by atoms with Crippen LogP contribution < -0.4 is 5.32 Å². The fourth-order valence-corrected chi connectivity index (χ4v) is 1.35. The van der Waals surface area contributed by atoms with Gasteiger partial charge in [-0.25, -0.2) is 0 Å². The van der Waals surface area contributed by atoms with Crippen LogP contribution in [0.25, 0.3) is 0 Å². The predicted molar refractivity (Wildman–Crippen MR) is 63.9 cm³/mol. The maximum absolute atomic E-state index is 3.50. The minimum atomic E-state index is 0.745. The molecule has 0 amide bonds. The Labute approximate surface area is 87.5 Å². The maximum atomic E-state index is 3.50. The van der Waals surface area contributed by atoms with E-state index in [2.05, 4.69) is 51.2 Å². The second kappa shape index (κ2) is 5.04. The molecular weight excluding hydrogens is 170 g/mol. The average molecular weight is 191 g/mol. The zero-order chi connectivity index (χ0) is 10.6. The van der Waals surface area contributed by atoms with Gasteiger partial charge in [-0.2, -0.15) is 0 Å². The van der Waals surface area contributed by atoms with Crippen LogP contribution in [0.2, 0.25) is 0 Å². The van der Waals surface area contributed by atoms with Gasteiger partial charge in [0.15, 0.2) is 0 Å². The van der Waals surface area contributed by atoms with Crippen LogP contribution in [0.4, 0.5) is 5.69 Å². The fourth-order valence-electron chi connectivity index (χ4n) is 1.35. The largest absolute Gasteiger partial charge is 0.385 e. The highest BCUT2D eigenvalue weighted by molar-refractivity contribution is 5.52. The topological polar surface area (TPSA) is 12.0 Å². The van der Waals surface area contributed by atoms with Gasteiger partial charge in [0.2, 0.25) is 0 Å². The van der Waals surface area contributed by atoms with Crippen molar-refractivity contribution in [3.05, 3.63) is 29.3 Å². The highest BCUT2D eigenvalue weighted by Gasteiger charge is 2.01. The van der Waals surface area contributed by atoms with Crippen molar-refractivity contribution in [2.24, 2.45) is 5.92 Å². The van der Waals surface area contributed by atoms with Gasteiger partial charge >= 0.3 is 0 Å². The van der Waals surface area contributed by atoms with Crippen LogP contribution in [0.15, 0.2) is 18.2 Å². The van der Waals surface area contributed by atoms with E-state index in [0.717, 1.165) is 12.5 Å². The van der Waals surface area contributed by atoms with Crippen LogP contribution in [0.5, 0.6) is 0 Å². The molecule has 1 rings (SSSR count). The molecule has 1 heteroatoms. The van der Waals surface area contributed by atoms with Gasteiger partial charge in [-0.3, -0.25) is 0 Å². The Morgan fingerprint density at radius 1 is 1.29 bits per heavy atom. The van der Waals surface area contributed by atoms with E-state index in [1.807, 2.05) is 0 Å². The molecule has 0 heterocycles. The van der Waals surface area contributed by atoms with Crippen molar-refractivity contribution in [1.82, 2.24) is 0 Å². The van der Waals surface area contributed by atoms with E-state index in [9.17, 15) is 0 Å². The molecule has 0 aliphatic rings. The number of hydrogen-bond acceptors (Lipinski definition) is 1. The Hall–Kier alpha value is -0.980. The lowest BCUT2D eigenvalue weighted by molar-refractivity contribution is 0.593. The normalized spacial score (nSPS) is 12.6. The highest BCUT2D eigenvalue weighted by atomic mass is 14.9. The summed E-state index contributed by atoms with van der Waals surface area (Å²) in [7, 11) is 0. The number of rotatable bonds is 4. The van der Waals surface area contributed by atoms with Gasteiger partial charge in [0.1, 0.15) is 0 Å². The van der Waals surface area contributed by atoms with E-state index in [-0.39, 0.29) is 0 Å². The lowest BCUT2D eigenvalue weighted by Crippen LogP contribution is -2.11. The van der Waals surface area contributed by atoms with Gasteiger partial charge in [-0.1, -0.05) is 32.4 Å². The summed E-state index contributed by atoms with van der Waals surface area (Å²) in [5.41, 5.74) is 3.94. The minimum Gasteiger partial charge on any atom is -0.385 e. The number of nitrogens with one attached hydrogen (secondary N) is 1. The number of hydrogen-bond donors (Lipinski definition) is 1. The van der Waals surface area contributed by atoms with Crippen LogP contribution in [-0.2, 0) is 0 Å². The van der Waals surface area contributed by atoms with E-state index in [1.54, 1.807) is 0 Å². The van der Waals surface area contributed by atoms with Crippen molar-refractivity contribution < 1.29 is 0 Å². The third-order valence-electron chi connectivity index (χ3n) is 2.73. The van der Waals surface area contributed by atoms with Crippen LogP contribution in [0.3, 0.4) is 0 Å². The zero-order valence-electron chi connectivity index (χ0n) is 9.72. The van der Waals surface area contributed by atoms with Gasteiger partial charge in [-0.15, -0.1) is 0 Å². The summed E-state index contributed by atoms with van der Waals surface area (Å²) in [4.78, 5) is 0.